The molecule has 3 rings (SSSR count). The van der Waals surface area contributed by atoms with Gasteiger partial charge in [0.1, 0.15) is 11.5 Å². The number of carbonyl (C=O) groups excluding carboxylic acids is 3. The van der Waals surface area contributed by atoms with Gasteiger partial charge in [0.15, 0.2) is 22.8 Å². The maximum Gasteiger partial charge on any atom is 0.251 e. The molecule has 7 heteroatoms. The van der Waals surface area contributed by atoms with Gasteiger partial charge in [0.25, 0.3) is 5.91 Å². The first-order chi connectivity index (χ1) is 21.1. The second kappa shape index (κ2) is 21.2. The highest BCUT2D eigenvalue weighted by Gasteiger charge is 2.26. The zero-order chi connectivity index (χ0) is 34.6. The van der Waals surface area contributed by atoms with Crippen molar-refractivity contribution in [2.24, 2.45) is 0 Å². The zero-order valence-electron chi connectivity index (χ0n) is 29.2. The lowest BCUT2D eigenvalue weighted by Gasteiger charge is -2.23. The number of halogens is 1. The third-order valence-corrected chi connectivity index (χ3v) is 6.94. The van der Waals surface area contributed by atoms with Crippen molar-refractivity contribution in [2.45, 2.75) is 107 Å². The molecule has 3 aromatic carbocycles. The third-order valence-electron chi connectivity index (χ3n) is 6.69. The summed E-state index contributed by atoms with van der Waals surface area (Å²) in [4.78, 5) is 34.8. The Balaban J connectivity index is 0.000000813. The molecule has 0 atom stereocenters. The molecule has 0 fully saturated rings. The highest BCUT2D eigenvalue weighted by molar-refractivity contribution is 6.30. The number of ether oxygens (including phenoxy) is 2. The molecule has 1 amide bonds. The summed E-state index contributed by atoms with van der Waals surface area (Å²) >= 11 is 5.72. The Bertz CT molecular complexity index is 1280. The van der Waals surface area contributed by atoms with E-state index in [2.05, 4.69) is 19.2 Å². The van der Waals surface area contributed by atoms with Crippen LogP contribution in [0.2, 0.25) is 5.02 Å². The number of ketones is 2. The van der Waals surface area contributed by atoms with Crippen LogP contribution in [0.1, 0.15) is 104 Å². The summed E-state index contributed by atoms with van der Waals surface area (Å²) in [7, 11) is 0. The van der Waals surface area contributed by atoms with Gasteiger partial charge in [-0.2, -0.15) is 0 Å². The van der Waals surface area contributed by atoms with E-state index in [0.29, 0.717) is 28.6 Å². The molecular weight excluding hydrogens is 586 g/mol. The molecule has 1 N–H and O–H groups in total. The van der Waals surface area contributed by atoms with E-state index in [0.717, 1.165) is 17.5 Å². The number of hydrogen-bond donors (Lipinski definition) is 1. The maximum atomic E-state index is 12.1. The third kappa shape index (κ3) is 16.9. The van der Waals surface area contributed by atoms with Crippen molar-refractivity contribution in [3.05, 3.63) is 94.5 Å². The van der Waals surface area contributed by atoms with Crippen LogP contribution in [0.15, 0.2) is 72.8 Å². The van der Waals surface area contributed by atoms with E-state index in [9.17, 15) is 14.4 Å². The van der Waals surface area contributed by atoms with Crippen LogP contribution in [0.5, 0.6) is 11.5 Å². The Morgan fingerprint density at radius 1 is 0.689 bits per heavy atom. The van der Waals surface area contributed by atoms with Crippen LogP contribution in [0.4, 0.5) is 0 Å². The van der Waals surface area contributed by atoms with Crippen molar-refractivity contribution in [1.29, 1.82) is 0 Å². The van der Waals surface area contributed by atoms with Gasteiger partial charge in [0.2, 0.25) is 0 Å². The average Bonchev–Trinajstić information content (AvgIpc) is 3.00. The summed E-state index contributed by atoms with van der Waals surface area (Å²) in [6.45, 7) is 20.9. The fourth-order valence-electron chi connectivity index (χ4n) is 3.09. The number of aryl methyl sites for hydroxylation is 1. The average molecular weight is 640 g/mol. The van der Waals surface area contributed by atoms with E-state index in [1.807, 2.05) is 69.3 Å². The minimum atomic E-state index is -0.830. The maximum absolute atomic E-state index is 12.1. The Morgan fingerprint density at radius 2 is 1.09 bits per heavy atom. The minimum absolute atomic E-state index is 0.00699. The lowest BCUT2D eigenvalue weighted by Crippen LogP contribution is -2.36. The monoisotopic (exact) mass is 639 g/mol. The van der Waals surface area contributed by atoms with Gasteiger partial charge in [-0.25, -0.2) is 0 Å². The van der Waals surface area contributed by atoms with E-state index in [-0.39, 0.29) is 17.5 Å². The van der Waals surface area contributed by atoms with Crippen molar-refractivity contribution < 1.29 is 23.9 Å². The number of amides is 1. The molecule has 0 aliphatic carbocycles. The summed E-state index contributed by atoms with van der Waals surface area (Å²) in [5.74, 6) is 1.22. The number of unbranched alkanes of at least 4 members (excludes halogenated alkanes) is 1. The number of carbonyl (C=O) groups is 3. The quantitative estimate of drug-likeness (QED) is 0.226. The molecule has 0 aliphatic rings. The normalized spacial score (nSPS) is 10.4. The van der Waals surface area contributed by atoms with Crippen molar-refractivity contribution >= 4 is 29.1 Å². The molecular formula is C38H54ClNO5. The lowest BCUT2D eigenvalue weighted by molar-refractivity contribution is -0.130. The van der Waals surface area contributed by atoms with Crippen LogP contribution in [0.25, 0.3) is 0 Å². The predicted octanol–water partition coefficient (Wildman–Crippen LogP) is 9.63. The van der Waals surface area contributed by atoms with Gasteiger partial charge in [0, 0.05) is 17.1 Å². The molecule has 248 valence electrons. The van der Waals surface area contributed by atoms with Gasteiger partial charge < -0.3 is 14.8 Å². The Hall–Kier alpha value is -3.64. The molecule has 0 aliphatic heterocycles. The smallest absolute Gasteiger partial charge is 0.251 e. The van der Waals surface area contributed by atoms with E-state index in [1.54, 1.807) is 52.0 Å². The summed E-state index contributed by atoms with van der Waals surface area (Å²) in [6.07, 6.45) is 3.37. The topological polar surface area (TPSA) is 81.7 Å². The van der Waals surface area contributed by atoms with Gasteiger partial charge in [-0.05, 0) is 109 Å². The van der Waals surface area contributed by atoms with Crippen LogP contribution >= 0.6 is 11.6 Å². The van der Waals surface area contributed by atoms with Gasteiger partial charge in [0.05, 0.1) is 0 Å². The molecule has 6 nitrogen and oxygen atoms in total. The fourth-order valence-corrected chi connectivity index (χ4v) is 3.21. The summed E-state index contributed by atoms with van der Waals surface area (Å²) in [6, 6.07) is 22.0. The minimum Gasteiger partial charge on any atom is -0.480 e. The second-order valence-electron chi connectivity index (χ2n) is 11.3. The first-order valence-electron chi connectivity index (χ1n) is 15.7. The molecule has 0 saturated carbocycles. The fraction of sp³-hybridized carbons (Fsp3) is 0.447. The molecule has 0 aromatic heterocycles. The molecule has 0 bridgehead atoms. The number of benzene rings is 3. The largest absolute Gasteiger partial charge is 0.480 e. The number of nitrogens with one attached hydrogen (secondary N) is 1. The van der Waals surface area contributed by atoms with Crippen molar-refractivity contribution in [3.63, 3.8) is 0 Å². The van der Waals surface area contributed by atoms with Gasteiger partial charge >= 0.3 is 0 Å². The SMILES string of the molecule is CC.CC(=O)C(C)(C)Oc1ccc(CCNC(=O)c2ccc(C)cc2)cc1.CC(=O)C(C)(C)Oc1ccc(Cl)cc1.CCCC. The molecule has 3 aromatic rings. The van der Waals surface area contributed by atoms with Crippen LogP contribution in [-0.4, -0.2) is 35.2 Å². The standard InChI is InChI=1S/C21H25NO3.C11H13ClO2.C4H10.C2H6/c1-15-5-9-18(10-6-15)20(24)22-14-13-17-7-11-19(12-8-17)25-21(3,4)16(2)23;1-8(13)11(2,3)14-10-6-4-9(12)5-7-10;1-3-4-2;1-2/h5-12H,13-14H2,1-4H3,(H,22,24);4-7H,1-3H3;3-4H2,1-2H3;1-2H3. The Labute approximate surface area is 276 Å². The zero-order valence-corrected chi connectivity index (χ0v) is 29.9. The van der Waals surface area contributed by atoms with Crippen molar-refractivity contribution in [3.8, 4) is 11.5 Å². The summed E-state index contributed by atoms with van der Waals surface area (Å²) in [5.41, 5.74) is 1.28. The lowest BCUT2D eigenvalue weighted by atomic mass is 10.1. The number of hydrogen-bond acceptors (Lipinski definition) is 5. The highest BCUT2D eigenvalue weighted by Crippen LogP contribution is 2.22. The van der Waals surface area contributed by atoms with Gasteiger partial charge in [-0.1, -0.05) is 82.0 Å². The van der Waals surface area contributed by atoms with Crippen molar-refractivity contribution in [2.75, 3.05) is 6.54 Å². The van der Waals surface area contributed by atoms with Crippen molar-refractivity contribution in [1.82, 2.24) is 5.32 Å². The molecule has 0 radical (unpaired) electrons. The number of rotatable bonds is 11. The second-order valence-corrected chi connectivity index (χ2v) is 11.7. The highest BCUT2D eigenvalue weighted by atomic mass is 35.5. The molecule has 0 unspecified atom stereocenters. The van der Waals surface area contributed by atoms with E-state index in [4.69, 9.17) is 21.1 Å². The molecule has 0 saturated heterocycles. The van der Waals surface area contributed by atoms with Crippen LogP contribution < -0.4 is 14.8 Å². The van der Waals surface area contributed by atoms with E-state index >= 15 is 0 Å². The summed E-state index contributed by atoms with van der Waals surface area (Å²) in [5, 5.41) is 3.57. The Morgan fingerprint density at radius 3 is 1.47 bits per heavy atom. The van der Waals surface area contributed by atoms with Crippen LogP contribution in [0, 0.1) is 6.92 Å². The molecule has 0 heterocycles. The molecule has 0 spiro atoms. The van der Waals surface area contributed by atoms with E-state index in [1.165, 1.54) is 26.7 Å². The summed E-state index contributed by atoms with van der Waals surface area (Å²) < 4.78 is 11.2. The first-order valence-corrected chi connectivity index (χ1v) is 16.1. The molecule has 45 heavy (non-hydrogen) atoms. The van der Waals surface area contributed by atoms with E-state index < -0.39 is 11.2 Å². The number of Topliss-reactive ketones (excluding diaryl/α,β-unsaturated/α-hetero) is 2. The van der Waals surface area contributed by atoms with Crippen LogP contribution in [0.3, 0.4) is 0 Å². The van der Waals surface area contributed by atoms with Gasteiger partial charge in [-0.15, -0.1) is 0 Å². The van der Waals surface area contributed by atoms with Crippen LogP contribution in [-0.2, 0) is 16.0 Å². The van der Waals surface area contributed by atoms with Gasteiger partial charge in [-0.3, -0.25) is 14.4 Å². The first kappa shape index (κ1) is 41.4. The predicted molar refractivity (Wildman–Crippen MR) is 188 cm³/mol. The Kier molecular flexibility index (Phi) is 19.4.